The normalized spacial score (nSPS) is 40.7. The van der Waals surface area contributed by atoms with E-state index in [4.69, 9.17) is 19.2 Å². The summed E-state index contributed by atoms with van der Waals surface area (Å²) < 4.78 is 12.4. The molecule has 5 aliphatic carbocycles. The van der Waals surface area contributed by atoms with Gasteiger partial charge in [-0.3, -0.25) is 0 Å². The van der Waals surface area contributed by atoms with Crippen LogP contribution < -0.4 is 10.1 Å². The average Bonchev–Trinajstić information content (AvgIpc) is 3.15. The first-order chi connectivity index (χ1) is 16.2. The van der Waals surface area contributed by atoms with Crippen LogP contribution in [0.15, 0.2) is 24.3 Å². The lowest BCUT2D eigenvalue weighted by Crippen LogP contribution is -2.59. The average molecular weight is 470 g/mol. The Bertz CT molecular complexity index is 894. The summed E-state index contributed by atoms with van der Waals surface area (Å²) in [6.07, 6.45) is 9.81. The molecule has 1 N–H and O–H groups in total. The third-order valence-corrected chi connectivity index (χ3v) is 8.94. The van der Waals surface area contributed by atoms with Gasteiger partial charge < -0.3 is 14.8 Å². The van der Waals surface area contributed by atoms with E-state index in [-0.39, 0.29) is 5.41 Å². The predicted octanol–water partition coefficient (Wildman–Crippen LogP) is 6.31. The van der Waals surface area contributed by atoms with Gasteiger partial charge >= 0.3 is 6.09 Å². The highest BCUT2D eigenvalue weighted by Gasteiger charge is 2.67. The number of carbonyl (C=O) groups excluding carboxylic acids is 1. The summed E-state index contributed by atoms with van der Waals surface area (Å²) in [5.41, 5.74) is 1.25. The minimum Gasteiger partial charge on any atom is -0.410 e. The summed E-state index contributed by atoms with van der Waals surface area (Å²) in [7, 11) is 0. The standard InChI is InChI=1S/C28H39NO5/c1-26(2,3)17-29-25(30)31-24-8-6-20(7-9-24)21-5-4-10-27(16-21)32-28(34-33-27)22-12-18-11-19(14-22)15-23(28)13-18/h6-9,18-19,21-23H,4-5,10-17H2,1-3H3,(H,29,30)/t18?,19?,21?,22?,23?,27-,28?/m1/s1. The molecule has 1 amide bonds. The van der Waals surface area contributed by atoms with Gasteiger partial charge in [-0.15, -0.1) is 0 Å². The Morgan fingerprint density at radius 3 is 2.35 bits per heavy atom. The smallest absolute Gasteiger partial charge is 0.410 e. The number of carbonyl (C=O) groups is 1. The molecule has 6 fully saturated rings. The van der Waals surface area contributed by atoms with Crippen molar-refractivity contribution in [1.82, 2.24) is 5.32 Å². The van der Waals surface area contributed by atoms with E-state index in [1.54, 1.807) is 0 Å². The summed E-state index contributed by atoms with van der Waals surface area (Å²) in [4.78, 5) is 24.4. The van der Waals surface area contributed by atoms with Crippen molar-refractivity contribution in [1.29, 1.82) is 0 Å². The van der Waals surface area contributed by atoms with Crippen LogP contribution in [-0.4, -0.2) is 24.2 Å². The Morgan fingerprint density at radius 2 is 1.71 bits per heavy atom. The van der Waals surface area contributed by atoms with Crippen molar-refractivity contribution >= 4 is 6.09 Å². The lowest BCUT2D eigenvalue weighted by Gasteiger charge is -2.57. The second-order valence-electron chi connectivity index (χ2n) is 12.9. The second kappa shape index (κ2) is 8.21. The number of benzene rings is 1. The van der Waals surface area contributed by atoms with Gasteiger partial charge in [-0.1, -0.05) is 32.9 Å². The maximum absolute atomic E-state index is 12.1. The SMILES string of the molecule is CC(C)(C)CNC(=O)Oc1ccc(C2CCC[C@]3(C2)OOC2(O3)C3CC4CC(C3)CC2C4)cc1. The molecular formula is C28H39NO5. The molecule has 0 radical (unpaired) electrons. The third-order valence-electron chi connectivity index (χ3n) is 8.94. The molecule has 0 aromatic heterocycles. The van der Waals surface area contributed by atoms with Crippen molar-refractivity contribution < 1.29 is 24.0 Å². The highest BCUT2D eigenvalue weighted by Crippen LogP contribution is 2.64. The molecule has 2 spiro atoms. The molecule has 6 nitrogen and oxygen atoms in total. The zero-order chi connectivity index (χ0) is 23.6. The van der Waals surface area contributed by atoms with E-state index in [1.807, 2.05) is 12.1 Å². The molecule has 6 heteroatoms. The summed E-state index contributed by atoms with van der Waals surface area (Å²) >= 11 is 0. The van der Waals surface area contributed by atoms with Gasteiger partial charge in [0.15, 0.2) is 0 Å². The molecule has 5 saturated carbocycles. The van der Waals surface area contributed by atoms with Crippen LogP contribution in [0.25, 0.3) is 0 Å². The van der Waals surface area contributed by atoms with Crippen molar-refractivity contribution in [3.8, 4) is 5.75 Å². The number of hydrogen-bond donors (Lipinski definition) is 1. The van der Waals surface area contributed by atoms with E-state index in [9.17, 15) is 4.79 Å². The summed E-state index contributed by atoms with van der Waals surface area (Å²) in [6.45, 7) is 6.80. The predicted molar refractivity (Wildman–Crippen MR) is 127 cm³/mol. The molecule has 6 aliphatic rings. The van der Waals surface area contributed by atoms with E-state index in [0.29, 0.717) is 30.0 Å². The zero-order valence-corrected chi connectivity index (χ0v) is 20.8. The van der Waals surface area contributed by atoms with Gasteiger partial charge in [0.05, 0.1) is 0 Å². The molecule has 7 rings (SSSR count). The van der Waals surface area contributed by atoms with Crippen LogP contribution in [0.2, 0.25) is 0 Å². The first-order valence-electron chi connectivity index (χ1n) is 13.3. The summed E-state index contributed by atoms with van der Waals surface area (Å²) in [5.74, 6) is 2.49. The van der Waals surface area contributed by atoms with Crippen LogP contribution in [0, 0.1) is 29.1 Å². The van der Waals surface area contributed by atoms with E-state index in [2.05, 4.69) is 38.2 Å². The van der Waals surface area contributed by atoms with Crippen LogP contribution in [0.3, 0.4) is 0 Å². The monoisotopic (exact) mass is 469 g/mol. The van der Waals surface area contributed by atoms with Crippen LogP contribution in [0.4, 0.5) is 4.79 Å². The molecule has 4 bridgehead atoms. The third kappa shape index (κ3) is 4.16. The van der Waals surface area contributed by atoms with Crippen molar-refractivity contribution in [2.45, 2.75) is 96.1 Å². The molecular weight excluding hydrogens is 430 g/mol. The fourth-order valence-electron chi connectivity index (χ4n) is 7.55. The summed E-state index contributed by atoms with van der Waals surface area (Å²) in [5, 5.41) is 2.82. The highest BCUT2D eigenvalue weighted by atomic mass is 17.3. The first kappa shape index (κ1) is 22.8. The Balaban J connectivity index is 1.10. The van der Waals surface area contributed by atoms with Gasteiger partial charge in [0.1, 0.15) is 5.75 Å². The fourth-order valence-corrected chi connectivity index (χ4v) is 7.55. The van der Waals surface area contributed by atoms with Crippen molar-refractivity contribution in [2.75, 3.05) is 6.54 Å². The molecule has 186 valence electrons. The minimum absolute atomic E-state index is 0.0170. The Labute approximate surface area is 203 Å². The Morgan fingerprint density at radius 1 is 1.03 bits per heavy atom. The largest absolute Gasteiger partial charge is 0.412 e. The molecule has 1 heterocycles. The number of ether oxygens (including phenoxy) is 2. The number of rotatable bonds is 3. The zero-order valence-electron chi connectivity index (χ0n) is 20.8. The molecule has 1 aliphatic heterocycles. The van der Waals surface area contributed by atoms with E-state index in [1.165, 1.54) is 37.7 Å². The fraction of sp³-hybridized carbons (Fsp3) is 0.750. The van der Waals surface area contributed by atoms with Crippen LogP contribution in [0.5, 0.6) is 5.75 Å². The molecule has 34 heavy (non-hydrogen) atoms. The van der Waals surface area contributed by atoms with Gasteiger partial charge in [0.25, 0.3) is 0 Å². The maximum atomic E-state index is 12.1. The van der Waals surface area contributed by atoms with E-state index in [0.717, 1.165) is 37.5 Å². The van der Waals surface area contributed by atoms with Gasteiger partial charge in [-0.25, -0.2) is 4.79 Å². The molecule has 1 aromatic carbocycles. The van der Waals surface area contributed by atoms with E-state index >= 15 is 0 Å². The first-order valence-corrected chi connectivity index (χ1v) is 13.3. The topological polar surface area (TPSA) is 66.0 Å². The van der Waals surface area contributed by atoms with Gasteiger partial charge in [-0.05, 0) is 85.8 Å². The van der Waals surface area contributed by atoms with Crippen LogP contribution >= 0.6 is 0 Å². The summed E-state index contributed by atoms with van der Waals surface area (Å²) in [6, 6.07) is 7.92. The molecule has 2 atom stereocenters. The van der Waals surface area contributed by atoms with Gasteiger partial charge in [0, 0.05) is 31.2 Å². The van der Waals surface area contributed by atoms with Crippen LogP contribution in [0.1, 0.15) is 90.0 Å². The quantitative estimate of drug-likeness (QED) is 0.526. The van der Waals surface area contributed by atoms with Crippen molar-refractivity contribution in [2.24, 2.45) is 29.1 Å². The lowest BCUT2D eigenvalue weighted by atomic mass is 9.53. The second-order valence-corrected chi connectivity index (χ2v) is 12.9. The minimum atomic E-state index is -0.625. The molecule has 1 saturated heterocycles. The Hall–Kier alpha value is -1.63. The number of hydrogen-bond acceptors (Lipinski definition) is 5. The number of nitrogens with one attached hydrogen (secondary N) is 1. The van der Waals surface area contributed by atoms with Crippen LogP contribution in [-0.2, 0) is 14.5 Å². The molecule has 1 aromatic rings. The molecule has 1 unspecified atom stereocenters. The number of amides is 1. The van der Waals surface area contributed by atoms with Crippen molar-refractivity contribution in [3.63, 3.8) is 0 Å². The lowest BCUT2D eigenvalue weighted by molar-refractivity contribution is -0.390. The van der Waals surface area contributed by atoms with Gasteiger partial charge in [-0.2, -0.15) is 9.78 Å². The highest BCUT2D eigenvalue weighted by molar-refractivity contribution is 5.70. The Kier molecular flexibility index (Phi) is 5.51. The maximum Gasteiger partial charge on any atom is 0.412 e. The van der Waals surface area contributed by atoms with E-state index < -0.39 is 17.7 Å². The van der Waals surface area contributed by atoms with Gasteiger partial charge in [0.2, 0.25) is 11.6 Å². The van der Waals surface area contributed by atoms with Crippen molar-refractivity contribution in [3.05, 3.63) is 29.8 Å².